The van der Waals surface area contributed by atoms with Gasteiger partial charge in [-0.25, -0.2) is 0 Å². The second kappa shape index (κ2) is 8.92. The van der Waals surface area contributed by atoms with Crippen molar-refractivity contribution in [1.29, 1.82) is 0 Å². The molecule has 0 unspecified atom stereocenters. The normalized spacial score (nSPS) is 10.3. The van der Waals surface area contributed by atoms with E-state index in [2.05, 4.69) is 10.6 Å². The molecule has 0 radical (unpaired) electrons. The number of nitrogens with one attached hydrogen (secondary N) is 2. The molecule has 2 aromatic carbocycles. The SMILES string of the molecule is O=C(Cc1c(Cl)cccc1Cl)NCCNC(=O)c1ccc(Cl)cc1. The lowest BCUT2D eigenvalue weighted by Gasteiger charge is -2.09. The Kier molecular flexibility index (Phi) is 6.91. The monoisotopic (exact) mass is 384 g/mol. The Bertz CT molecular complexity index is 713. The first kappa shape index (κ1) is 18.6. The molecule has 126 valence electrons. The van der Waals surface area contributed by atoms with Gasteiger partial charge in [0.1, 0.15) is 0 Å². The number of halogens is 3. The van der Waals surface area contributed by atoms with E-state index < -0.39 is 0 Å². The van der Waals surface area contributed by atoms with E-state index in [-0.39, 0.29) is 18.2 Å². The molecule has 0 spiro atoms. The zero-order chi connectivity index (χ0) is 17.5. The van der Waals surface area contributed by atoms with Gasteiger partial charge in [0, 0.05) is 33.7 Å². The number of hydrogen-bond donors (Lipinski definition) is 2. The molecule has 2 rings (SSSR count). The summed E-state index contributed by atoms with van der Waals surface area (Å²) < 4.78 is 0. The Hall–Kier alpha value is -1.75. The van der Waals surface area contributed by atoms with E-state index in [1.165, 1.54) is 0 Å². The van der Waals surface area contributed by atoms with Gasteiger partial charge in [0.2, 0.25) is 5.91 Å². The van der Waals surface area contributed by atoms with Gasteiger partial charge in [-0.3, -0.25) is 9.59 Å². The lowest BCUT2D eigenvalue weighted by molar-refractivity contribution is -0.120. The molecule has 0 aliphatic carbocycles. The highest BCUT2D eigenvalue weighted by atomic mass is 35.5. The van der Waals surface area contributed by atoms with Crippen molar-refractivity contribution >= 4 is 46.6 Å². The maximum absolute atomic E-state index is 11.9. The third-order valence-corrected chi connectivity index (χ3v) is 4.20. The average Bonchev–Trinajstić information content (AvgIpc) is 2.55. The van der Waals surface area contributed by atoms with Crippen molar-refractivity contribution in [2.24, 2.45) is 0 Å². The lowest BCUT2D eigenvalue weighted by Crippen LogP contribution is -2.35. The molecular weight excluding hydrogens is 371 g/mol. The number of carbonyl (C=O) groups is 2. The van der Waals surface area contributed by atoms with Gasteiger partial charge in [0.25, 0.3) is 5.91 Å². The summed E-state index contributed by atoms with van der Waals surface area (Å²) in [4.78, 5) is 23.8. The van der Waals surface area contributed by atoms with Crippen LogP contribution in [0.5, 0.6) is 0 Å². The van der Waals surface area contributed by atoms with Crippen LogP contribution in [0.2, 0.25) is 15.1 Å². The van der Waals surface area contributed by atoms with Crippen LogP contribution in [0.25, 0.3) is 0 Å². The van der Waals surface area contributed by atoms with E-state index in [0.717, 1.165) is 0 Å². The van der Waals surface area contributed by atoms with Crippen LogP contribution in [0.4, 0.5) is 0 Å². The van der Waals surface area contributed by atoms with Crippen LogP contribution in [0, 0.1) is 0 Å². The first-order chi connectivity index (χ1) is 11.5. The molecule has 0 aliphatic heterocycles. The van der Waals surface area contributed by atoms with Crippen molar-refractivity contribution < 1.29 is 9.59 Å². The minimum Gasteiger partial charge on any atom is -0.354 e. The molecule has 0 saturated carbocycles. The topological polar surface area (TPSA) is 58.2 Å². The highest BCUT2D eigenvalue weighted by Crippen LogP contribution is 2.24. The highest BCUT2D eigenvalue weighted by molar-refractivity contribution is 6.36. The van der Waals surface area contributed by atoms with Gasteiger partial charge in [-0.05, 0) is 42.0 Å². The molecule has 0 atom stereocenters. The summed E-state index contributed by atoms with van der Waals surface area (Å²) in [5.41, 5.74) is 1.09. The number of benzene rings is 2. The molecule has 4 nitrogen and oxygen atoms in total. The maximum atomic E-state index is 11.9. The minimum atomic E-state index is -0.227. The second-order valence-corrected chi connectivity index (χ2v) is 6.24. The van der Waals surface area contributed by atoms with E-state index in [9.17, 15) is 9.59 Å². The summed E-state index contributed by atoms with van der Waals surface area (Å²) in [6.45, 7) is 0.615. The largest absolute Gasteiger partial charge is 0.354 e. The van der Waals surface area contributed by atoms with E-state index in [1.54, 1.807) is 42.5 Å². The van der Waals surface area contributed by atoms with Crippen LogP contribution in [-0.4, -0.2) is 24.9 Å². The van der Waals surface area contributed by atoms with E-state index in [1.807, 2.05) is 0 Å². The molecule has 2 amide bonds. The Morgan fingerprint density at radius 1 is 0.833 bits per heavy atom. The Balaban J connectivity index is 1.75. The summed E-state index contributed by atoms with van der Waals surface area (Å²) in [5.74, 6) is -0.444. The molecule has 0 aliphatic rings. The number of hydrogen-bond acceptors (Lipinski definition) is 2. The van der Waals surface area contributed by atoms with Crippen molar-refractivity contribution in [3.8, 4) is 0 Å². The second-order valence-electron chi connectivity index (χ2n) is 4.99. The maximum Gasteiger partial charge on any atom is 0.251 e. The minimum absolute atomic E-state index is 0.0869. The van der Waals surface area contributed by atoms with Crippen LogP contribution in [-0.2, 0) is 11.2 Å². The average molecular weight is 386 g/mol. The fourth-order valence-electron chi connectivity index (χ4n) is 2.01. The van der Waals surface area contributed by atoms with Gasteiger partial charge >= 0.3 is 0 Å². The molecule has 0 saturated heterocycles. The van der Waals surface area contributed by atoms with Crippen molar-refractivity contribution in [3.05, 3.63) is 68.7 Å². The molecule has 0 aromatic heterocycles. The van der Waals surface area contributed by atoms with Crippen molar-refractivity contribution in [3.63, 3.8) is 0 Å². The zero-order valence-electron chi connectivity index (χ0n) is 12.6. The molecule has 7 heteroatoms. The predicted octanol–water partition coefficient (Wildman–Crippen LogP) is 3.74. The van der Waals surface area contributed by atoms with E-state index >= 15 is 0 Å². The predicted molar refractivity (Wildman–Crippen MR) is 97.0 cm³/mol. The van der Waals surface area contributed by atoms with Gasteiger partial charge in [-0.15, -0.1) is 0 Å². The highest BCUT2D eigenvalue weighted by Gasteiger charge is 2.10. The Morgan fingerprint density at radius 2 is 1.42 bits per heavy atom. The number of carbonyl (C=O) groups excluding carboxylic acids is 2. The summed E-state index contributed by atoms with van der Waals surface area (Å²) in [5, 5.41) is 6.89. The first-order valence-electron chi connectivity index (χ1n) is 7.20. The molecule has 0 heterocycles. The lowest BCUT2D eigenvalue weighted by atomic mass is 10.1. The fourth-order valence-corrected chi connectivity index (χ4v) is 2.66. The van der Waals surface area contributed by atoms with Crippen LogP contribution in [0.15, 0.2) is 42.5 Å². The van der Waals surface area contributed by atoms with Gasteiger partial charge in [-0.2, -0.15) is 0 Å². The Morgan fingerprint density at radius 3 is 2.04 bits per heavy atom. The summed E-state index contributed by atoms with van der Waals surface area (Å²) in [6.07, 6.45) is 0.0869. The van der Waals surface area contributed by atoms with Crippen LogP contribution in [0.1, 0.15) is 15.9 Å². The van der Waals surface area contributed by atoms with Gasteiger partial charge in [0.15, 0.2) is 0 Å². The summed E-state index contributed by atoms with van der Waals surface area (Å²) in [7, 11) is 0. The summed E-state index contributed by atoms with van der Waals surface area (Å²) >= 11 is 17.8. The van der Waals surface area contributed by atoms with Crippen LogP contribution in [0.3, 0.4) is 0 Å². The summed E-state index contributed by atoms with van der Waals surface area (Å²) in [6, 6.07) is 11.6. The third-order valence-electron chi connectivity index (χ3n) is 3.24. The molecular formula is C17H15Cl3N2O2. The smallest absolute Gasteiger partial charge is 0.251 e. The third kappa shape index (κ3) is 5.41. The fraction of sp³-hybridized carbons (Fsp3) is 0.176. The van der Waals surface area contributed by atoms with E-state index in [4.69, 9.17) is 34.8 Å². The Labute approximate surface area is 155 Å². The van der Waals surface area contributed by atoms with Crippen molar-refractivity contribution in [1.82, 2.24) is 10.6 Å². The van der Waals surface area contributed by atoms with Crippen LogP contribution >= 0.6 is 34.8 Å². The molecule has 24 heavy (non-hydrogen) atoms. The van der Waals surface area contributed by atoms with Gasteiger partial charge in [-0.1, -0.05) is 40.9 Å². The van der Waals surface area contributed by atoms with Gasteiger partial charge < -0.3 is 10.6 Å². The number of amides is 2. The van der Waals surface area contributed by atoms with E-state index in [0.29, 0.717) is 39.3 Å². The number of rotatable bonds is 6. The van der Waals surface area contributed by atoms with Crippen molar-refractivity contribution in [2.75, 3.05) is 13.1 Å². The molecule has 0 fully saturated rings. The quantitative estimate of drug-likeness (QED) is 0.744. The molecule has 2 N–H and O–H groups in total. The van der Waals surface area contributed by atoms with Crippen LogP contribution < -0.4 is 10.6 Å². The molecule has 2 aromatic rings. The van der Waals surface area contributed by atoms with Gasteiger partial charge in [0.05, 0.1) is 6.42 Å². The molecule has 0 bridgehead atoms. The standard InChI is InChI=1S/C17H15Cl3N2O2/c18-12-6-4-11(5-7-12)17(24)22-9-8-21-16(23)10-13-14(19)2-1-3-15(13)20/h1-7H,8-10H2,(H,21,23)(H,22,24). The zero-order valence-corrected chi connectivity index (χ0v) is 14.9. The first-order valence-corrected chi connectivity index (χ1v) is 8.34. The van der Waals surface area contributed by atoms with Crippen molar-refractivity contribution in [2.45, 2.75) is 6.42 Å².